The number of halogens is 2. The molecule has 1 aromatic carbocycles. The van der Waals surface area contributed by atoms with Gasteiger partial charge in [-0.05, 0) is 12.1 Å². The fourth-order valence-electron chi connectivity index (χ4n) is 1.41. The quantitative estimate of drug-likeness (QED) is 0.918. The number of aromatic nitrogens is 1. The predicted molar refractivity (Wildman–Crippen MR) is 74.7 cm³/mol. The van der Waals surface area contributed by atoms with Gasteiger partial charge in [0.15, 0.2) is 0 Å². The number of carboxylic acids is 1. The van der Waals surface area contributed by atoms with Gasteiger partial charge in [-0.15, -0.1) is 0 Å². The van der Waals surface area contributed by atoms with Crippen molar-refractivity contribution >= 4 is 33.5 Å². The van der Waals surface area contributed by atoms with Gasteiger partial charge < -0.3 is 9.84 Å². The van der Waals surface area contributed by atoms with Crippen LogP contribution in [0.5, 0.6) is 5.88 Å². The molecule has 0 radical (unpaired) electrons. The maximum absolute atomic E-state index is 10.7. The Bertz CT molecular complexity index is 619. The maximum atomic E-state index is 10.7. The molecule has 2 rings (SSSR count). The highest BCUT2D eigenvalue weighted by Crippen LogP contribution is 2.24. The van der Waals surface area contributed by atoms with Crippen LogP contribution in [0.15, 0.2) is 41.0 Å². The van der Waals surface area contributed by atoms with Crippen LogP contribution in [0.4, 0.5) is 0 Å². The van der Waals surface area contributed by atoms with E-state index >= 15 is 0 Å². The van der Waals surface area contributed by atoms with Crippen LogP contribution in [-0.4, -0.2) is 16.1 Å². The highest BCUT2D eigenvalue weighted by molar-refractivity contribution is 9.10. The Labute approximate surface area is 123 Å². The number of ether oxygens (including phenoxy) is 1. The van der Waals surface area contributed by atoms with Crippen LogP contribution in [0.2, 0.25) is 5.02 Å². The third-order valence-corrected chi connectivity index (χ3v) is 3.42. The van der Waals surface area contributed by atoms with E-state index in [4.69, 9.17) is 21.4 Å². The van der Waals surface area contributed by atoms with Crippen molar-refractivity contribution < 1.29 is 14.6 Å². The van der Waals surface area contributed by atoms with E-state index in [-0.39, 0.29) is 16.5 Å². The zero-order chi connectivity index (χ0) is 13.8. The first-order chi connectivity index (χ1) is 9.08. The predicted octanol–water partition coefficient (Wildman–Crippen LogP) is 3.77. The molecule has 0 saturated heterocycles. The molecular weight excluding hydrogens is 334 g/mol. The van der Waals surface area contributed by atoms with Gasteiger partial charge in [0.1, 0.15) is 11.6 Å². The van der Waals surface area contributed by atoms with Gasteiger partial charge in [-0.3, -0.25) is 0 Å². The number of aromatic carboxylic acids is 1. The molecule has 1 N–H and O–H groups in total. The molecule has 1 heterocycles. The van der Waals surface area contributed by atoms with Crippen molar-refractivity contribution in [3.05, 3.63) is 57.2 Å². The summed E-state index contributed by atoms with van der Waals surface area (Å²) in [6, 6.07) is 8.92. The van der Waals surface area contributed by atoms with Crippen LogP contribution in [-0.2, 0) is 6.61 Å². The Balaban J connectivity index is 2.12. The zero-order valence-corrected chi connectivity index (χ0v) is 12.0. The number of carboxylic acid groups (broad SMARTS) is 1. The van der Waals surface area contributed by atoms with Gasteiger partial charge in [0.2, 0.25) is 5.88 Å². The lowest BCUT2D eigenvalue weighted by Crippen LogP contribution is -2.01. The Kier molecular flexibility index (Phi) is 4.39. The molecule has 0 saturated carbocycles. The molecule has 0 unspecified atom stereocenters. The van der Waals surface area contributed by atoms with Crippen molar-refractivity contribution in [3.63, 3.8) is 0 Å². The van der Waals surface area contributed by atoms with Gasteiger partial charge in [-0.2, -0.15) is 0 Å². The largest absolute Gasteiger partial charge is 0.478 e. The first kappa shape index (κ1) is 13.8. The fourth-order valence-corrected chi connectivity index (χ4v) is 2.03. The Morgan fingerprint density at radius 1 is 1.42 bits per heavy atom. The molecule has 0 amide bonds. The summed E-state index contributed by atoms with van der Waals surface area (Å²) in [6.45, 7) is 0.292. The molecule has 0 aliphatic rings. The zero-order valence-electron chi connectivity index (χ0n) is 9.64. The number of pyridine rings is 1. The smallest absolute Gasteiger partial charge is 0.337 e. The van der Waals surface area contributed by atoms with E-state index in [1.54, 1.807) is 0 Å². The second-order valence-corrected chi connectivity index (χ2v) is 4.96. The van der Waals surface area contributed by atoms with Crippen LogP contribution in [0, 0.1) is 0 Å². The average Bonchev–Trinajstić information content (AvgIpc) is 2.39. The molecule has 6 heteroatoms. The highest BCUT2D eigenvalue weighted by Gasteiger charge is 2.10. The van der Waals surface area contributed by atoms with Crippen molar-refractivity contribution in [1.29, 1.82) is 0 Å². The van der Waals surface area contributed by atoms with Gasteiger partial charge in [-0.25, -0.2) is 9.78 Å². The molecule has 98 valence electrons. The van der Waals surface area contributed by atoms with Crippen molar-refractivity contribution in [2.75, 3.05) is 0 Å². The Morgan fingerprint density at radius 3 is 2.79 bits per heavy atom. The minimum Gasteiger partial charge on any atom is -0.478 e. The standard InChI is InChI=1S/C13H9BrClNO3/c14-10-4-2-1-3-8(10)7-19-12-11(15)5-9(6-16-12)13(17)18/h1-6H,7H2,(H,17,18). The van der Waals surface area contributed by atoms with Gasteiger partial charge in [0.25, 0.3) is 0 Å². The van der Waals surface area contributed by atoms with Gasteiger partial charge in [0, 0.05) is 16.2 Å². The monoisotopic (exact) mass is 341 g/mol. The molecule has 0 aliphatic heterocycles. The molecule has 0 fully saturated rings. The minimum absolute atomic E-state index is 0.0261. The van der Waals surface area contributed by atoms with E-state index < -0.39 is 5.97 Å². The SMILES string of the molecule is O=C(O)c1cnc(OCc2ccccc2Br)c(Cl)c1. The van der Waals surface area contributed by atoms with Crippen LogP contribution in [0.25, 0.3) is 0 Å². The summed E-state index contributed by atoms with van der Waals surface area (Å²) in [5.41, 5.74) is 0.973. The normalized spacial score (nSPS) is 10.2. The van der Waals surface area contributed by atoms with E-state index in [0.29, 0.717) is 6.61 Å². The average molecular weight is 343 g/mol. The van der Waals surface area contributed by atoms with Gasteiger partial charge in [-0.1, -0.05) is 45.7 Å². The number of benzene rings is 1. The minimum atomic E-state index is -1.08. The van der Waals surface area contributed by atoms with E-state index in [2.05, 4.69) is 20.9 Å². The molecule has 1 aromatic heterocycles. The summed E-state index contributed by atoms with van der Waals surface area (Å²) < 4.78 is 6.40. The van der Waals surface area contributed by atoms with Crippen LogP contribution >= 0.6 is 27.5 Å². The molecule has 2 aromatic rings. The number of nitrogens with zero attached hydrogens (tertiary/aromatic N) is 1. The highest BCUT2D eigenvalue weighted by atomic mass is 79.9. The third kappa shape index (κ3) is 3.45. The van der Waals surface area contributed by atoms with Crippen molar-refractivity contribution in [3.8, 4) is 5.88 Å². The molecule has 0 aliphatic carbocycles. The molecule has 0 bridgehead atoms. The van der Waals surface area contributed by atoms with Crippen molar-refractivity contribution in [2.24, 2.45) is 0 Å². The van der Waals surface area contributed by atoms with E-state index in [1.165, 1.54) is 12.3 Å². The molecule has 4 nitrogen and oxygen atoms in total. The maximum Gasteiger partial charge on any atom is 0.337 e. The number of hydrogen-bond acceptors (Lipinski definition) is 3. The molecular formula is C13H9BrClNO3. The van der Waals surface area contributed by atoms with E-state index in [0.717, 1.165) is 10.0 Å². The lowest BCUT2D eigenvalue weighted by Gasteiger charge is -2.08. The lowest BCUT2D eigenvalue weighted by molar-refractivity contribution is 0.0696. The Hall–Kier alpha value is -1.59. The second kappa shape index (κ2) is 6.04. The first-order valence-corrected chi connectivity index (χ1v) is 6.50. The number of hydrogen-bond donors (Lipinski definition) is 1. The summed E-state index contributed by atoms with van der Waals surface area (Å²) >= 11 is 9.32. The van der Waals surface area contributed by atoms with Gasteiger partial charge >= 0.3 is 5.97 Å². The molecule has 0 atom stereocenters. The molecule has 0 spiro atoms. The summed E-state index contributed by atoms with van der Waals surface area (Å²) in [7, 11) is 0. The van der Waals surface area contributed by atoms with E-state index in [1.807, 2.05) is 24.3 Å². The van der Waals surface area contributed by atoms with Crippen LogP contribution < -0.4 is 4.74 Å². The van der Waals surface area contributed by atoms with Crippen molar-refractivity contribution in [2.45, 2.75) is 6.61 Å². The number of carbonyl (C=O) groups is 1. The molecule has 19 heavy (non-hydrogen) atoms. The van der Waals surface area contributed by atoms with Crippen LogP contribution in [0.3, 0.4) is 0 Å². The third-order valence-electron chi connectivity index (χ3n) is 2.38. The van der Waals surface area contributed by atoms with Gasteiger partial charge in [0.05, 0.1) is 5.56 Å². The fraction of sp³-hybridized carbons (Fsp3) is 0.0769. The summed E-state index contributed by atoms with van der Waals surface area (Å²) in [5.74, 6) is -0.867. The van der Waals surface area contributed by atoms with E-state index in [9.17, 15) is 4.79 Å². The topological polar surface area (TPSA) is 59.4 Å². The first-order valence-electron chi connectivity index (χ1n) is 5.33. The summed E-state index contributed by atoms with van der Waals surface area (Å²) in [6.07, 6.45) is 1.21. The van der Waals surface area contributed by atoms with Crippen molar-refractivity contribution in [1.82, 2.24) is 4.98 Å². The second-order valence-electron chi connectivity index (χ2n) is 3.70. The number of rotatable bonds is 4. The summed E-state index contributed by atoms with van der Waals surface area (Å²) in [4.78, 5) is 14.6. The lowest BCUT2D eigenvalue weighted by atomic mass is 10.2. The summed E-state index contributed by atoms with van der Waals surface area (Å²) in [5, 5.41) is 8.97. The van der Waals surface area contributed by atoms with Crippen LogP contribution in [0.1, 0.15) is 15.9 Å². The Morgan fingerprint density at radius 2 is 2.16 bits per heavy atom.